The minimum absolute atomic E-state index is 0.0537. The van der Waals surface area contributed by atoms with Crippen LogP contribution in [0.15, 0.2) is 72.8 Å². The Kier molecular flexibility index (Phi) is 9.74. The maximum Gasteiger partial charge on any atom is 0.264 e. The zero-order valence-corrected chi connectivity index (χ0v) is 29.9. The Labute approximate surface area is 289 Å². The van der Waals surface area contributed by atoms with Crippen LogP contribution in [0.3, 0.4) is 0 Å². The van der Waals surface area contributed by atoms with E-state index in [4.69, 9.17) is 9.47 Å². The van der Waals surface area contributed by atoms with Crippen molar-refractivity contribution in [3.8, 4) is 5.75 Å². The summed E-state index contributed by atoms with van der Waals surface area (Å²) in [6.45, 7) is 8.86. The third kappa shape index (κ3) is 6.18. The summed E-state index contributed by atoms with van der Waals surface area (Å²) in [4.78, 5) is 44.7. The molecule has 3 N–H and O–H groups in total. The standard InChI is InChI=1S/C38H47N3O7Si/c1-24-35(49(4,5)30-17-15-29(47-3)16-18-30)33(21-34(44)40-19-9-12-28(40)23-42)48-38(24)31-13-6-7-14-32(31)41(37(38)46)22-26-10-8-11-27(20-26)39-36(45)25(2)43/h6-8,10-11,13-18,20,24-25,28,33,35,42-43H,9,12,19,21-23H2,1-5H3,(H,39,45)/t24-,25+,28+,33+,35-,38+/m1/s1. The highest BCUT2D eigenvalue weighted by molar-refractivity contribution is 6.91. The van der Waals surface area contributed by atoms with Gasteiger partial charge in [0.1, 0.15) is 11.9 Å². The van der Waals surface area contributed by atoms with Crippen LogP contribution in [0.2, 0.25) is 18.6 Å². The van der Waals surface area contributed by atoms with E-state index in [-0.39, 0.29) is 48.9 Å². The average molecular weight is 686 g/mol. The second-order valence-corrected chi connectivity index (χ2v) is 18.9. The molecule has 3 aliphatic heterocycles. The Hall–Kier alpha value is -4.03. The van der Waals surface area contributed by atoms with Crippen LogP contribution in [-0.4, -0.2) is 79.4 Å². The fourth-order valence-corrected chi connectivity index (χ4v) is 12.5. The van der Waals surface area contributed by atoms with E-state index in [2.05, 4.69) is 37.5 Å². The van der Waals surface area contributed by atoms with Gasteiger partial charge in [0.2, 0.25) is 5.91 Å². The van der Waals surface area contributed by atoms with Crippen molar-refractivity contribution in [3.63, 3.8) is 0 Å². The fourth-order valence-electron chi connectivity index (χ4n) is 8.44. The molecule has 0 radical (unpaired) electrons. The number of likely N-dealkylation sites (tertiary alicyclic amines) is 1. The van der Waals surface area contributed by atoms with E-state index in [1.807, 2.05) is 48.5 Å². The van der Waals surface area contributed by atoms with Crippen LogP contribution >= 0.6 is 0 Å². The van der Waals surface area contributed by atoms with E-state index in [0.29, 0.717) is 12.2 Å². The number of nitrogens with zero attached hydrogens (tertiary/aromatic N) is 2. The van der Waals surface area contributed by atoms with Gasteiger partial charge in [-0.1, -0.05) is 67.7 Å². The molecule has 3 aromatic rings. The highest BCUT2D eigenvalue weighted by Crippen LogP contribution is 2.60. The molecule has 10 nitrogen and oxygen atoms in total. The summed E-state index contributed by atoms with van der Waals surface area (Å²) in [5.74, 6) is -0.241. The lowest BCUT2D eigenvalue weighted by Gasteiger charge is -2.37. The number of carbonyl (C=O) groups is 3. The van der Waals surface area contributed by atoms with Crippen molar-refractivity contribution in [1.82, 2.24) is 4.90 Å². The Morgan fingerprint density at radius 1 is 1.10 bits per heavy atom. The van der Waals surface area contributed by atoms with Crippen molar-refractivity contribution in [1.29, 1.82) is 0 Å². The van der Waals surface area contributed by atoms with Crippen molar-refractivity contribution < 1.29 is 34.1 Å². The second-order valence-electron chi connectivity index (χ2n) is 14.2. The first kappa shape index (κ1) is 34.8. The molecule has 49 heavy (non-hydrogen) atoms. The van der Waals surface area contributed by atoms with Crippen LogP contribution in [0.5, 0.6) is 5.75 Å². The van der Waals surface area contributed by atoms with Gasteiger partial charge in [-0.3, -0.25) is 14.4 Å². The number of rotatable bonds is 10. The smallest absolute Gasteiger partial charge is 0.264 e. The predicted molar refractivity (Wildman–Crippen MR) is 190 cm³/mol. The lowest BCUT2D eigenvalue weighted by molar-refractivity contribution is -0.150. The molecule has 3 aliphatic rings. The van der Waals surface area contributed by atoms with Gasteiger partial charge in [-0.15, -0.1) is 0 Å². The molecule has 0 unspecified atom stereocenters. The molecule has 0 aliphatic carbocycles. The first-order valence-corrected chi connectivity index (χ1v) is 20.2. The number of aliphatic hydroxyl groups is 2. The molecule has 0 saturated carbocycles. The first-order valence-electron chi connectivity index (χ1n) is 17.1. The lowest BCUT2D eigenvalue weighted by atomic mass is 9.82. The average Bonchev–Trinajstić information content (AvgIpc) is 3.75. The Balaban J connectivity index is 1.38. The van der Waals surface area contributed by atoms with Crippen molar-refractivity contribution in [2.75, 3.05) is 30.5 Å². The lowest BCUT2D eigenvalue weighted by Crippen LogP contribution is -2.52. The number of nitrogens with one attached hydrogen (secondary N) is 1. The number of hydrogen-bond acceptors (Lipinski definition) is 7. The number of methoxy groups -OCH3 is 1. The number of carbonyl (C=O) groups excluding carboxylic acids is 3. The van der Waals surface area contributed by atoms with Gasteiger partial charge < -0.3 is 34.8 Å². The van der Waals surface area contributed by atoms with E-state index in [1.165, 1.54) is 12.1 Å². The monoisotopic (exact) mass is 685 g/mol. The van der Waals surface area contributed by atoms with Crippen LogP contribution in [0.4, 0.5) is 11.4 Å². The predicted octanol–water partition coefficient (Wildman–Crippen LogP) is 4.15. The fraction of sp³-hybridized carbons (Fsp3) is 0.447. The van der Waals surface area contributed by atoms with Gasteiger partial charge in [-0.25, -0.2) is 0 Å². The largest absolute Gasteiger partial charge is 0.497 e. The topological polar surface area (TPSA) is 129 Å². The molecule has 3 heterocycles. The van der Waals surface area contributed by atoms with E-state index in [9.17, 15) is 19.8 Å². The highest BCUT2D eigenvalue weighted by Gasteiger charge is 2.66. The number of anilines is 2. The summed E-state index contributed by atoms with van der Waals surface area (Å²) in [6.07, 6.45) is 0.0646. The van der Waals surface area contributed by atoms with Crippen LogP contribution in [0.25, 0.3) is 0 Å². The van der Waals surface area contributed by atoms with E-state index in [0.717, 1.165) is 35.4 Å². The van der Waals surface area contributed by atoms with E-state index in [1.54, 1.807) is 29.0 Å². The molecule has 3 amide bonds. The molecular weight excluding hydrogens is 639 g/mol. The Bertz CT molecular complexity index is 1710. The molecule has 260 valence electrons. The molecular formula is C38H47N3O7Si. The SMILES string of the molecule is COc1ccc([Si](C)(C)[C@H]2[C@H](CC(=O)N3CCC[C@H]3CO)O[C@@]3(C(=O)N(Cc4cccc(NC(=O)[C@H](C)O)c4)c4ccccc43)[C@@H]2C)cc1. The summed E-state index contributed by atoms with van der Waals surface area (Å²) in [5, 5.41) is 23.6. The second kappa shape index (κ2) is 13.7. The molecule has 2 saturated heterocycles. The number of aliphatic hydroxyl groups excluding tert-OH is 2. The summed E-state index contributed by atoms with van der Waals surface area (Å²) in [7, 11) is -0.802. The van der Waals surface area contributed by atoms with Gasteiger partial charge in [-0.05, 0) is 61.2 Å². The zero-order chi connectivity index (χ0) is 35.1. The Morgan fingerprint density at radius 2 is 1.84 bits per heavy atom. The maximum absolute atomic E-state index is 15.0. The van der Waals surface area contributed by atoms with Crippen LogP contribution in [0.1, 0.15) is 44.2 Å². The minimum atomic E-state index is -2.45. The third-order valence-corrected chi connectivity index (χ3v) is 15.3. The van der Waals surface area contributed by atoms with Crippen molar-refractivity contribution in [2.45, 2.75) is 82.1 Å². The number of amides is 3. The molecule has 6 atom stereocenters. The molecule has 3 aromatic carbocycles. The number of fused-ring (bicyclic) bond motifs is 2. The van der Waals surface area contributed by atoms with Crippen LogP contribution < -0.4 is 20.1 Å². The molecule has 11 heteroatoms. The van der Waals surface area contributed by atoms with Crippen molar-refractivity contribution in [3.05, 3.63) is 83.9 Å². The van der Waals surface area contributed by atoms with E-state index < -0.39 is 31.8 Å². The summed E-state index contributed by atoms with van der Waals surface area (Å²) in [5.41, 5.74) is 1.47. The number of ether oxygens (including phenoxy) is 2. The molecule has 0 aromatic heterocycles. The first-order chi connectivity index (χ1) is 23.4. The summed E-state index contributed by atoms with van der Waals surface area (Å²) in [6, 6.07) is 22.9. The van der Waals surface area contributed by atoms with Crippen molar-refractivity contribution >= 4 is 42.4 Å². The van der Waals surface area contributed by atoms with E-state index >= 15 is 4.79 Å². The van der Waals surface area contributed by atoms with Gasteiger partial charge in [0.15, 0.2) is 5.60 Å². The molecule has 1 spiro atoms. The van der Waals surface area contributed by atoms with Gasteiger partial charge in [-0.2, -0.15) is 0 Å². The van der Waals surface area contributed by atoms with Crippen LogP contribution in [-0.2, 0) is 31.3 Å². The Morgan fingerprint density at radius 3 is 2.53 bits per heavy atom. The molecule has 0 bridgehead atoms. The summed E-state index contributed by atoms with van der Waals surface area (Å²) >= 11 is 0. The van der Waals surface area contributed by atoms with Crippen molar-refractivity contribution in [2.24, 2.45) is 5.92 Å². The number of para-hydroxylation sites is 1. The quantitative estimate of drug-likeness (QED) is 0.274. The zero-order valence-electron chi connectivity index (χ0n) is 28.9. The van der Waals surface area contributed by atoms with Crippen LogP contribution in [0, 0.1) is 5.92 Å². The van der Waals surface area contributed by atoms with Gasteiger partial charge in [0, 0.05) is 23.7 Å². The third-order valence-electron chi connectivity index (χ3n) is 10.9. The number of benzene rings is 3. The van der Waals surface area contributed by atoms with Gasteiger partial charge in [0.25, 0.3) is 11.8 Å². The highest BCUT2D eigenvalue weighted by atomic mass is 28.3. The normalized spacial score (nSPS) is 25.5. The number of hydrogen-bond donors (Lipinski definition) is 3. The van der Waals surface area contributed by atoms with Gasteiger partial charge >= 0.3 is 0 Å². The van der Waals surface area contributed by atoms with Gasteiger partial charge in [0.05, 0.1) is 52.6 Å². The minimum Gasteiger partial charge on any atom is -0.497 e. The maximum atomic E-state index is 15.0. The summed E-state index contributed by atoms with van der Waals surface area (Å²) < 4.78 is 12.6. The molecule has 6 rings (SSSR count). The molecule has 2 fully saturated rings.